The number of halogens is 1. The zero-order valence-corrected chi connectivity index (χ0v) is 14.7. The lowest BCUT2D eigenvalue weighted by atomic mass is 10.1. The Labute approximate surface area is 154 Å². The number of carbonyl (C=O) groups excluding carboxylic acids is 2. The van der Waals surface area contributed by atoms with Crippen molar-refractivity contribution in [3.05, 3.63) is 58.9 Å². The quantitative estimate of drug-likeness (QED) is 0.642. The summed E-state index contributed by atoms with van der Waals surface area (Å²) in [6.07, 6.45) is 1.60. The van der Waals surface area contributed by atoms with E-state index < -0.39 is 5.97 Å². The van der Waals surface area contributed by atoms with Crippen molar-refractivity contribution in [2.45, 2.75) is 13.3 Å². The number of amides is 1. The van der Waals surface area contributed by atoms with Crippen molar-refractivity contribution >= 4 is 29.3 Å². The maximum Gasteiger partial charge on any atom is 0.358 e. The molecule has 7 nitrogen and oxygen atoms in total. The Morgan fingerprint density at radius 1 is 1.27 bits per heavy atom. The molecule has 0 atom stereocenters. The van der Waals surface area contributed by atoms with Crippen LogP contribution in [0.2, 0.25) is 5.02 Å². The highest BCUT2D eigenvalue weighted by molar-refractivity contribution is 6.30. The molecule has 8 heteroatoms. The van der Waals surface area contributed by atoms with Crippen LogP contribution in [-0.2, 0) is 16.0 Å². The molecule has 2 aromatic heterocycles. The molecule has 0 saturated carbocycles. The van der Waals surface area contributed by atoms with E-state index >= 15 is 0 Å². The van der Waals surface area contributed by atoms with E-state index in [1.165, 1.54) is 6.26 Å². The Hall–Kier alpha value is -3.06. The second kappa shape index (κ2) is 7.88. The number of aromatic amines is 1. The number of nitrogens with zero attached hydrogens (tertiary/aromatic N) is 1. The molecule has 0 bridgehead atoms. The highest BCUT2D eigenvalue weighted by Gasteiger charge is 2.22. The van der Waals surface area contributed by atoms with Gasteiger partial charge >= 0.3 is 5.97 Å². The van der Waals surface area contributed by atoms with Gasteiger partial charge in [-0.3, -0.25) is 4.79 Å². The molecule has 134 valence electrons. The first-order valence-corrected chi connectivity index (χ1v) is 8.30. The molecule has 2 heterocycles. The number of aromatic nitrogens is 2. The van der Waals surface area contributed by atoms with Crippen LogP contribution in [0, 0.1) is 0 Å². The topological polar surface area (TPSA) is 97.2 Å². The Kier molecular flexibility index (Phi) is 5.38. The number of furan rings is 1. The smallest absolute Gasteiger partial charge is 0.358 e. The van der Waals surface area contributed by atoms with Gasteiger partial charge in [0.25, 0.3) is 0 Å². The van der Waals surface area contributed by atoms with Crippen LogP contribution in [0.5, 0.6) is 0 Å². The van der Waals surface area contributed by atoms with Crippen LogP contribution in [0.25, 0.3) is 11.6 Å². The Balaban J connectivity index is 1.81. The highest BCUT2D eigenvalue weighted by atomic mass is 35.5. The molecule has 0 fully saturated rings. The lowest BCUT2D eigenvalue weighted by Crippen LogP contribution is -2.17. The summed E-state index contributed by atoms with van der Waals surface area (Å²) >= 11 is 5.84. The van der Waals surface area contributed by atoms with E-state index in [4.69, 9.17) is 20.8 Å². The molecule has 1 aromatic carbocycles. The van der Waals surface area contributed by atoms with E-state index in [1.54, 1.807) is 43.3 Å². The summed E-state index contributed by atoms with van der Waals surface area (Å²) < 4.78 is 10.3. The van der Waals surface area contributed by atoms with E-state index in [-0.39, 0.29) is 30.4 Å². The Morgan fingerprint density at radius 2 is 2.04 bits per heavy atom. The number of esters is 1. The number of hydrogen-bond acceptors (Lipinski definition) is 5. The van der Waals surface area contributed by atoms with Crippen LogP contribution in [0.1, 0.15) is 23.0 Å². The van der Waals surface area contributed by atoms with Crippen molar-refractivity contribution < 1.29 is 18.7 Å². The first-order chi connectivity index (χ1) is 12.6. The first kappa shape index (κ1) is 17.8. The van der Waals surface area contributed by atoms with Crippen molar-refractivity contribution in [3.63, 3.8) is 0 Å². The average molecular weight is 374 g/mol. The zero-order chi connectivity index (χ0) is 18.5. The monoisotopic (exact) mass is 373 g/mol. The summed E-state index contributed by atoms with van der Waals surface area (Å²) in [6, 6.07) is 10.3. The molecule has 3 rings (SSSR count). The summed E-state index contributed by atoms with van der Waals surface area (Å²) in [5, 5.41) is 3.23. The van der Waals surface area contributed by atoms with Crippen molar-refractivity contribution in [3.8, 4) is 11.6 Å². The summed E-state index contributed by atoms with van der Waals surface area (Å²) in [5.41, 5.74) is 0.842. The van der Waals surface area contributed by atoms with Crippen LogP contribution in [-0.4, -0.2) is 28.5 Å². The zero-order valence-electron chi connectivity index (χ0n) is 13.9. The van der Waals surface area contributed by atoms with E-state index in [9.17, 15) is 9.59 Å². The largest absolute Gasteiger partial charge is 0.461 e. The molecule has 1 amide bonds. The third-order valence-electron chi connectivity index (χ3n) is 3.47. The SMILES string of the molecule is CCOC(=O)c1[nH]c(-c2ccco2)nc1NC(=O)Cc1ccc(Cl)cc1. The van der Waals surface area contributed by atoms with Gasteiger partial charge in [0.15, 0.2) is 23.1 Å². The highest BCUT2D eigenvalue weighted by Crippen LogP contribution is 2.23. The van der Waals surface area contributed by atoms with E-state index in [1.807, 2.05) is 0 Å². The summed E-state index contributed by atoms with van der Waals surface area (Å²) in [6.45, 7) is 1.90. The van der Waals surface area contributed by atoms with Crippen molar-refractivity contribution in [1.29, 1.82) is 0 Å². The molecule has 0 spiro atoms. The molecular formula is C18H16ClN3O4. The lowest BCUT2D eigenvalue weighted by Gasteiger charge is -2.05. The number of hydrogen-bond donors (Lipinski definition) is 2. The van der Waals surface area contributed by atoms with Crippen molar-refractivity contribution in [1.82, 2.24) is 9.97 Å². The van der Waals surface area contributed by atoms with Gasteiger partial charge in [0.2, 0.25) is 5.91 Å². The molecule has 0 aliphatic heterocycles. The van der Waals surface area contributed by atoms with Gasteiger partial charge in [0.05, 0.1) is 19.3 Å². The van der Waals surface area contributed by atoms with Gasteiger partial charge in [0.1, 0.15) is 0 Å². The van der Waals surface area contributed by atoms with E-state index in [2.05, 4.69) is 15.3 Å². The van der Waals surface area contributed by atoms with Crippen LogP contribution < -0.4 is 5.32 Å². The molecular weight excluding hydrogens is 358 g/mol. The maximum absolute atomic E-state index is 12.3. The van der Waals surface area contributed by atoms with Gasteiger partial charge in [-0.05, 0) is 36.8 Å². The summed E-state index contributed by atoms with van der Waals surface area (Å²) in [4.78, 5) is 31.5. The maximum atomic E-state index is 12.3. The second-order valence-corrected chi connectivity index (χ2v) is 5.79. The predicted molar refractivity (Wildman–Crippen MR) is 96.0 cm³/mol. The van der Waals surface area contributed by atoms with Crippen LogP contribution in [0.15, 0.2) is 47.1 Å². The minimum absolute atomic E-state index is 0.0581. The van der Waals surface area contributed by atoms with Crippen molar-refractivity contribution in [2.75, 3.05) is 11.9 Å². The fourth-order valence-corrected chi connectivity index (χ4v) is 2.43. The minimum Gasteiger partial charge on any atom is -0.461 e. The molecule has 0 unspecified atom stereocenters. The molecule has 0 aliphatic carbocycles. The number of benzene rings is 1. The number of nitrogens with one attached hydrogen (secondary N) is 2. The van der Waals surface area contributed by atoms with Gasteiger partial charge in [-0.1, -0.05) is 23.7 Å². The fourth-order valence-electron chi connectivity index (χ4n) is 2.31. The number of ether oxygens (including phenoxy) is 1. The minimum atomic E-state index is -0.611. The van der Waals surface area contributed by atoms with Gasteiger partial charge in [0, 0.05) is 5.02 Å². The Bertz CT molecular complexity index is 901. The number of H-pyrrole nitrogens is 1. The van der Waals surface area contributed by atoms with E-state index in [0.29, 0.717) is 16.6 Å². The van der Waals surface area contributed by atoms with Crippen LogP contribution >= 0.6 is 11.6 Å². The van der Waals surface area contributed by atoms with Crippen LogP contribution in [0.4, 0.5) is 5.82 Å². The number of rotatable bonds is 6. The molecule has 0 aliphatic rings. The lowest BCUT2D eigenvalue weighted by molar-refractivity contribution is -0.115. The van der Waals surface area contributed by atoms with Crippen molar-refractivity contribution in [2.24, 2.45) is 0 Å². The molecule has 26 heavy (non-hydrogen) atoms. The van der Waals surface area contributed by atoms with E-state index in [0.717, 1.165) is 5.56 Å². The van der Waals surface area contributed by atoms with Gasteiger partial charge < -0.3 is 19.5 Å². The molecule has 0 saturated heterocycles. The van der Waals surface area contributed by atoms with Gasteiger partial charge in [-0.25, -0.2) is 9.78 Å². The summed E-state index contributed by atoms with van der Waals surface area (Å²) in [5.74, 6) is -0.0858. The predicted octanol–water partition coefficient (Wildman–Crippen LogP) is 3.68. The normalized spacial score (nSPS) is 10.5. The molecule has 0 radical (unpaired) electrons. The average Bonchev–Trinajstić information content (AvgIpc) is 3.26. The third-order valence-corrected chi connectivity index (χ3v) is 3.73. The third kappa shape index (κ3) is 4.12. The standard InChI is InChI=1S/C18H16ClN3O4/c1-2-25-18(24)15-17(22-16(21-15)13-4-3-9-26-13)20-14(23)10-11-5-7-12(19)8-6-11/h3-9H,2,10H2,1H3,(H,20,23)(H,21,22). The number of anilines is 1. The van der Waals surface area contributed by atoms with Crippen LogP contribution in [0.3, 0.4) is 0 Å². The summed E-state index contributed by atoms with van der Waals surface area (Å²) in [7, 11) is 0. The van der Waals surface area contributed by atoms with Gasteiger partial charge in [-0.15, -0.1) is 0 Å². The first-order valence-electron chi connectivity index (χ1n) is 7.92. The molecule has 3 aromatic rings. The number of imidazole rings is 1. The second-order valence-electron chi connectivity index (χ2n) is 5.36. The number of carbonyl (C=O) groups is 2. The fraction of sp³-hybridized carbons (Fsp3) is 0.167. The van der Waals surface area contributed by atoms with Gasteiger partial charge in [-0.2, -0.15) is 0 Å². The molecule has 2 N–H and O–H groups in total. The Morgan fingerprint density at radius 3 is 2.69 bits per heavy atom.